The van der Waals surface area contributed by atoms with Crippen molar-refractivity contribution in [3.05, 3.63) is 65.4 Å². The van der Waals surface area contributed by atoms with Crippen molar-refractivity contribution in [3.63, 3.8) is 0 Å². The van der Waals surface area contributed by atoms with Gasteiger partial charge >= 0.3 is 0 Å². The lowest BCUT2D eigenvalue weighted by Gasteiger charge is -2.22. The third-order valence-corrected chi connectivity index (χ3v) is 6.03. The fraction of sp³-hybridized carbons (Fsp3) is 0.273. The molecule has 3 aromatic rings. The molecule has 1 aliphatic rings. The molecule has 1 amide bonds. The largest absolute Gasteiger partial charge is 0.451 e. The second-order valence-electron chi connectivity index (χ2n) is 6.83. The molecular weight excluding hydrogens is 356 g/mol. The van der Waals surface area contributed by atoms with Crippen LogP contribution in [0.3, 0.4) is 0 Å². The van der Waals surface area contributed by atoms with Crippen LogP contribution in [-0.2, 0) is 0 Å². The zero-order chi connectivity index (χ0) is 19.0. The highest BCUT2D eigenvalue weighted by Crippen LogP contribution is 2.33. The normalized spacial score (nSPS) is 18.6. The summed E-state index contributed by atoms with van der Waals surface area (Å²) in [4.78, 5) is 20.0. The SMILES string of the molecule is CC[C@@H]1CSC(=Nc2cccc(C)c2)N1C(=O)c1oc2ccccc2c1C. The highest BCUT2D eigenvalue weighted by molar-refractivity contribution is 8.14. The second kappa shape index (κ2) is 7.24. The van der Waals surface area contributed by atoms with Crippen LogP contribution < -0.4 is 0 Å². The maximum atomic E-state index is 13.4. The number of nitrogens with zero attached hydrogens (tertiary/aromatic N) is 2. The van der Waals surface area contributed by atoms with E-state index in [9.17, 15) is 4.79 Å². The number of benzene rings is 2. The van der Waals surface area contributed by atoms with Gasteiger partial charge in [-0.05, 0) is 44.0 Å². The summed E-state index contributed by atoms with van der Waals surface area (Å²) in [6.45, 7) is 6.09. The Morgan fingerprint density at radius 2 is 2.04 bits per heavy atom. The van der Waals surface area contributed by atoms with E-state index in [1.807, 2.05) is 67.3 Å². The van der Waals surface area contributed by atoms with Crippen LogP contribution in [0.2, 0.25) is 0 Å². The van der Waals surface area contributed by atoms with E-state index in [1.54, 1.807) is 11.8 Å². The Balaban J connectivity index is 1.75. The number of carbonyl (C=O) groups excluding carboxylic acids is 1. The molecule has 4 rings (SSSR count). The van der Waals surface area contributed by atoms with Gasteiger partial charge in [0.1, 0.15) is 5.58 Å². The summed E-state index contributed by atoms with van der Waals surface area (Å²) in [6, 6.07) is 15.9. The lowest BCUT2D eigenvalue weighted by Crippen LogP contribution is -2.39. The lowest BCUT2D eigenvalue weighted by atomic mass is 10.1. The van der Waals surface area contributed by atoms with Crippen LogP contribution in [0.1, 0.15) is 35.0 Å². The van der Waals surface area contributed by atoms with Crippen molar-refractivity contribution >= 4 is 39.5 Å². The van der Waals surface area contributed by atoms with E-state index >= 15 is 0 Å². The summed E-state index contributed by atoms with van der Waals surface area (Å²) < 4.78 is 5.93. The number of furan rings is 1. The minimum Gasteiger partial charge on any atom is -0.451 e. The number of amides is 1. The van der Waals surface area contributed by atoms with Gasteiger partial charge in [-0.15, -0.1) is 0 Å². The Morgan fingerprint density at radius 3 is 2.78 bits per heavy atom. The van der Waals surface area contributed by atoms with Crippen LogP contribution in [0.5, 0.6) is 0 Å². The van der Waals surface area contributed by atoms with Gasteiger partial charge in [-0.25, -0.2) is 4.99 Å². The maximum Gasteiger partial charge on any atom is 0.296 e. The number of rotatable bonds is 3. The molecule has 1 saturated heterocycles. The highest BCUT2D eigenvalue weighted by atomic mass is 32.2. The summed E-state index contributed by atoms with van der Waals surface area (Å²) in [5.41, 5.74) is 3.65. The molecule has 0 N–H and O–H groups in total. The fourth-order valence-electron chi connectivity index (χ4n) is 3.41. The monoisotopic (exact) mass is 378 g/mol. The highest BCUT2D eigenvalue weighted by Gasteiger charge is 2.37. The lowest BCUT2D eigenvalue weighted by molar-refractivity contribution is 0.0790. The van der Waals surface area contributed by atoms with Crippen LogP contribution in [0.4, 0.5) is 5.69 Å². The van der Waals surface area contributed by atoms with E-state index in [1.165, 1.54) is 0 Å². The molecule has 1 aromatic heterocycles. The van der Waals surface area contributed by atoms with Crippen molar-refractivity contribution in [2.75, 3.05) is 5.75 Å². The molecule has 0 radical (unpaired) electrons. The number of fused-ring (bicyclic) bond motifs is 1. The van der Waals surface area contributed by atoms with E-state index in [0.717, 1.165) is 45.1 Å². The predicted octanol–water partition coefficient (Wildman–Crippen LogP) is 5.70. The summed E-state index contributed by atoms with van der Waals surface area (Å²) >= 11 is 1.63. The molecule has 27 heavy (non-hydrogen) atoms. The van der Waals surface area contributed by atoms with Crippen molar-refractivity contribution in [2.45, 2.75) is 33.2 Å². The van der Waals surface area contributed by atoms with Crippen molar-refractivity contribution < 1.29 is 9.21 Å². The number of thioether (sulfide) groups is 1. The molecule has 0 aliphatic carbocycles. The van der Waals surface area contributed by atoms with E-state index in [2.05, 4.69) is 6.92 Å². The topological polar surface area (TPSA) is 45.8 Å². The molecule has 138 valence electrons. The fourth-order valence-corrected chi connectivity index (χ4v) is 4.67. The molecule has 1 atom stereocenters. The zero-order valence-electron chi connectivity index (χ0n) is 15.7. The Morgan fingerprint density at radius 1 is 1.22 bits per heavy atom. The van der Waals surface area contributed by atoms with Crippen molar-refractivity contribution in [1.29, 1.82) is 0 Å². The summed E-state index contributed by atoms with van der Waals surface area (Å²) in [7, 11) is 0. The first-order valence-corrected chi connectivity index (χ1v) is 10.2. The molecule has 2 aromatic carbocycles. The van der Waals surface area contributed by atoms with Crippen LogP contribution in [0.15, 0.2) is 57.9 Å². The summed E-state index contributed by atoms with van der Waals surface area (Å²) in [5, 5.41) is 1.73. The quantitative estimate of drug-likeness (QED) is 0.587. The second-order valence-corrected chi connectivity index (χ2v) is 7.82. The first-order valence-electron chi connectivity index (χ1n) is 9.18. The molecule has 2 heterocycles. The van der Waals surface area contributed by atoms with Crippen LogP contribution in [-0.4, -0.2) is 27.8 Å². The van der Waals surface area contributed by atoms with Crippen LogP contribution in [0, 0.1) is 13.8 Å². The number of hydrogen-bond acceptors (Lipinski definition) is 4. The van der Waals surface area contributed by atoms with Gasteiger partial charge in [0.05, 0.1) is 5.69 Å². The molecule has 0 spiro atoms. The molecule has 0 bridgehead atoms. The van der Waals surface area contributed by atoms with Crippen LogP contribution >= 0.6 is 11.8 Å². The molecule has 5 heteroatoms. The standard InChI is InChI=1S/C22H22N2O2S/c1-4-17-13-27-22(23-16-9-7-8-14(2)12-16)24(17)21(25)20-15(3)18-10-5-6-11-19(18)26-20/h5-12,17H,4,13H2,1-3H3/t17-/m1/s1. The maximum absolute atomic E-state index is 13.4. The Hall–Kier alpha value is -2.53. The van der Waals surface area contributed by atoms with Crippen molar-refractivity contribution in [3.8, 4) is 0 Å². The minimum atomic E-state index is -0.105. The van der Waals surface area contributed by atoms with E-state index in [4.69, 9.17) is 9.41 Å². The zero-order valence-corrected chi connectivity index (χ0v) is 16.5. The number of hydrogen-bond donors (Lipinski definition) is 0. The van der Waals surface area contributed by atoms with Gasteiger partial charge in [-0.3, -0.25) is 9.69 Å². The van der Waals surface area contributed by atoms with E-state index in [-0.39, 0.29) is 11.9 Å². The van der Waals surface area contributed by atoms with Gasteiger partial charge in [-0.1, -0.05) is 49.0 Å². The summed E-state index contributed by atoms with van der Waals surface area (Å²) in [5.74, 6) is 1.16. The van der Waals surface area contributed by atoms with Crippen molar-refractivity contribution in [1.82, 2.24) is 4.90 Å². The van der Waals surface area contributed by atoms with Gasteiger partial charge in [0.15, 0.2) is 10.9 Å². The Labute approximate surface area is 163 Å². The number of para-hydroxylation sites is 1. The number of carbonyl (C=O) groups is 1. The molecule has 1 aliphatic heterocycles. The molecule has 4 nitrogen and oxygen atoms in total. The van der Waals surface area contributed by atoms with Gasteiger partial charge in [0, 0.05) is 22.7 Å². The molecular formula is C22H22N2O2S. The molecule has 0 saturated carbocycles. The third-order valence-electron chi connectivity index (χ3n) is 4.93. The smallest absolute Gasteiger partial charge is 0.296 e. The number of aliphatic imine (C=N–C) groups is 1. The van der Waals surface area contributed by atoms with Gasteiger partial charge < -0.3 is 4.42 Å². The van der Waals surface area contributed by atoms with Gasteiger partial charge in [0.25, 0.3) is 5.91 Å². The van der Waals surface area contributed by atoms with E-state index in [0.29, 0.717) is 5.76 Å². The van der Waals surface area contributed by atoms with Gasteiger partial charge in [-0.2, -0.15) is 0 Å². The van der Waals surface area contributed by atoms with Gasteiger partial charge in [0.2, 0.25) is 0 Å². The summed E-state index contributed by atoms with van der Waals surface area (Å²) in [6.07, 6.45) is 0.880. The third kappa shape index (κ3) is 3.28. The Kier molecular flexibility index (Phi) is 4.79. The Bertz CT molecular complexity index is 1040. The van der Waals surface area contributed by atoms with Crippen LogP contribution in [0.25, 0.3) is 11.0 Å². The predicted molar refractivity (Wildman–Crippen MR) is 112 cm³/mol. The van der Waals surface area contributed by atoms with E-state index < -0.39 is 0 Å². The number of amidine groups is 1. The average Bonchev–Trinajstić information content (AvgIpc) is 3.22. The first-order chi connectivity index (χ1) is 13.1. The average molecular weight is 378 g/mol. The minimum absolute atomic E-state index is 0.105. The number of aryl methyl sites for hydroxylation is 2. The van der Waals surface area contributed by atoms with Crippen molar-refractivity contribution in [2.24, 2.45) is 4.99 Å². The molecule has 1 fully saturated rings. The molecule has 0 unspecified atom stereocenters. The first kappa shape index (κ1) is 17.9.